The number of ether oxygens (including phenoxy) is 1. The quantitative estimate of drug-likeness (QED) is 0.746. The van der Waals surface area contributed by atoms with Gasteiger partial charge in [0.05, 0.1) is 12.1 Å². The van der Waals surface area contributed by atoms with E-state index in [1.54, 1.807) is 0 Å². The Kier molecular flexibility index (Phi) is 5.70. The third kappa shape index (κ3) is 4.71. The first-order valence-corrected chi connectivity index (χ1v) is 9.01. The number of hydrogen-bond acceptors (Lipinski definition) is 2. The second-order valence-electron chi connectivity index (χ2n) is 6.28. The summed E-state index contributed by atoms with van der Waals surface area (Å²) < 4.78 is 5.98. The van der Waals surface area contributed by atoms with Crippen LogP contribution in [-0.2, 0) is 0 Å². The fourth-order valence-electron chi connectivity index (χ4n) is 3.00. The predicted octanol–water partition coefficient (Wildman–Crippen LogP) is 5.06. The number of rotatable bonds is 5. The van der Waals surface area contributed by atoms with Crippen LogP contribution in [0.1, 0.15) is 44.2 Å². The van der Waals surface area contributed by atoms with Crippen molar-refractivity contribution in [3.8, 4) is 5.75 Å². The van der Waals surface area contributed by atoms with Gasteiger partial charge >= 0.3 is 0 Å². The molecule has 0 aromatic heterocycles. The zero-order valence-corrected chi connectivity index (χ0v) is 14.8. The smallest absolute Gasteiger partial charge is 0.171 e. The zero-order chi connectivity index (χ0) is 16.8. The van der Waals surface area contributed by atoms with Crippen molar-refractivity contribution in [2.75, 3.05) is 5.32 Å². The molecule has 3 rings (SSSR count). The van der Waals surface area contributed by atoms with Crippen LogP contribution in [0.3, 0.4) is 0 Å². The molecular formula is C20H24N2OS. The molecule has 1 aliphatic rings. The van der Waals surface area contributed by atoms with Crippen molar-refractivity contribution in [1.29, 1.82) is 0 Å². The molecule has 1 atom stereocenters. The topological polar surface area (TPSA) is 33.3 Å². The molecule has 0 heterocycles. The lowest BCUT2D eigenvalue weighted by atomic mass is 10.1. The van der Waals surface area contributed by atoms with Crippen molar-refractivity contribution >= 4 is 23.0 Å². The lowest BCUT2D eigenvalue weighted by Gasteiger charge is -2.18. The van der Waals surface area contributed by atoms with Gasteiger partial charge in [0.1, 0.15) is 5.75 Å². The van der Waals surface area contributed by atoms with E-state index in [4.69, 9.17) is 17.0 Å². The molecule has 0 amide bonds. The molecule has 2 N–H and O–H groups in total. The van der Waals surface area contributed by atoms with E-state index >= 15 is 0 Å². The van der Waals surface area contributed by atoms with Crippen LogP contribution in [0, 0.1) is 0 Å². The summed E-state index contributed by atoms with van der Waals surface area (Å²) in [7, 11) is 0. The lowest BCUT2D eigenvalue weighted by molar-refractivity contribution is 0.210. The Hall–Kier alpha value is -2.07. The Balaban J connectivity index is 1.50. The Morgan fingerprint density at radius 1 is 1.04 bits per heavy atom. The molecule has 2 aromatic carbocycles. The summed E-state index contributed by atoms with van der Waals surface area (Å²) in [6.07, 6.45) is 5.29. The lowest BCUT2D eigenvalue weighted by Crippen LogP contribution is -2.30. The van der Waals surface area contributed by atoms with Gasteiger partial charge in [-0.05, 0) is 74.7 Å². The van der Waals surface area contributed by atoms with Crippen molar-refractivity contribution in [3.05, 3.63) is 60.2 Å². The average molecular weight is 340 g/mol. The summed E-state index contributed by atoms with van der Waals surface area (Å²) in [6.45, 7) is 2.10. The summed E-state index contributed by atoms with van der Waals surface area (Å²) in [4.78, 5) is 0. The maximum absolute atomic E-state index is 5.98. The highest BCUT2D eigenvalue weighted by Crippen LogP contribution is 2.25. The van der Waals surface area contributed by atoms with Crippen LogP contribution in [0.2, 0.25) is 0 Å². The van der Waals surface area contributed by atoms with Gasteiger partial charge in [-0.3, -0.25) is 0 Å². The molecule has 1 unspecified atom stereocenters. The van der Waals surface area contributed by atoms with E-state index in [0.29, 0.717) is 11.2 Å². The second kappa shape index (κ2) is 8.15. The molecule has 3 nitrogen and oxygen atoms in total. The van der Waals surface area contributed by atoms with E-state index in [1.807, 2.05) is 42.5 Å². The molecule has 1 fully saturated rings. The monoisotopic (exact) mass is 340 g/mol. The minimum Gasteiger partial charge on any atom is -0.490 e. The summed E-state index contributed by atoms with van der Waals surface area (Å²) in [5.74, 6) is 0.934. The number of thiocarbonyl (C=S) groups is 1. The normalized spacial score (nSPS) is 15.7. The molecule has 4 heteroatoms. The van der Waals surface area contributed by atoms with Crippen LogP contribution < -0.4 is 15.4 Å². The molecule has 0 aliphatic heterocycles. The van der Waals surface area contributed by atoms with Crippen LogP contribution in [0.25, 0.3) is 0 Å². The summed E-state index contributed by atoms with van der Waals surface area (Å²) >= 11 is 5.41. The summed E-state index contributed by atoms with van der Waals surface area (Å²) in [6, 6.07) is 18.5. The van der Waals surface area contributed by atoms with Gasteiger partial charge < -0.3 is 15.4 Å². The Labute approximate surface area is 149 Å². The molecule has 24 heavy (non-hydrogen) atoms. The standard InChI is InChI=1S/C20H24N2OS/c1-15(16-7-3-2-4-8-16)21-20(24)22-17-11-13-19(14-12-17)23-18-9-5-6-10-18/h2-4,7-8,11-15,18H,5-6,9-10H2,1H3,(H2,21,22,24). The number of nitrogens with one attached hydrogen (secondary N) is 2. The van der Waals surface area contributed by atoms with Gasteiger partial charge in [-0.2, -0.15) is 0 Å². The van der Waals surface area contributed by atoms with E-state index in [9.17, 15) is 0 Å². The van der Waals surface area contributed by atoms with Crippen LogP contribution in [-0.4, -0.2) is 11.2 Å². The Morgan fingerprint density at radius 2 is 1.71 bits per heavy atom. The number of anilines is 1. The van der Waals surface area contributed by atoms with Gasteiger partial charge in [0.25, 0.3) is 0 Å². The van der Waals surface area contributed by atoms with Gasteiger partial charge in [0.15, 0.2) is 5.11 Å². The van der Waals surface area contributed by atoms with Crippen LogP contribution in [0.4, 0.5) is 5.69 Å². The summed E-state index contributed by atoms with van der Waals surface area (Å²) in [5, 5.41) is 7.16. The Bertz CT molecular complexity index is 651. The number of hydrogen-bond donors (Lipinski definition) is 2. The fourth-order valence-corrected chi connectivity index (χ4v) is 3.30. The van der Waals surface area contributed by atoms with Crippen LogP contribution in [0.15, 0.2) is 54.6 Å². The van der Waals surface area contributed by atoms with Crippen molar-refractivity contribution < 1.29 is 4.74 Å². The molecule has 0 radical (unpaired) electrons. The first kappa shape index (κ1) is 16.8. The highest BCUT2D eigenvalue weighted by molar-refractivity contribution is 7.80. The van der Waals surface area contributed by atoms with Crippen molar-refractivity contribution in [1.82, 2.24) is 5.32 Å². The van der Waals surface area contributed by atoms with Gasteiger partial charge in [-0.15, -0.1) is 0 Å². The first-order valence-electron chi connectivity index (χ1n) is 8.60. The van der Waals surface area contributed by atoms with E-state index in [0.717, 1.165) is 11.4 Å². The SMILES string of the molecule is CC(NC(=S)Nc1ccc(OC2CCCC2)cc1)c1ccccc1. The zero-order valence-electron chi connectivity index (χ0n) is 14.0. The van der Waals surface area contributed by atoms with Gasteiger partial charge in [0.2, 0.25) is 0 Å². The van der Waals surface area contributed by atoms with Crippen LogP contribution in [0.5, 0.6) is 5.75 Å². The van der Waals surface area contributed by atoms with E-state index < -0.39 is 0 Å². The third-order valence-corrected chi connectivity index (χ3v) is 4.58. The van der Waals surface area contributed by atoms with E-state index in [-0.39, 0.29) is 6.04 Å². The Morgan fingerprint density at radius 3 is 2.38 bits per heavy atom. The fraction of sp³-hybridized carbons (Fsp3) is 0.350. The van der Waals surface area contributed by atoms with Crippen molar-refractivity contribution in [2.45, 2.75) is 44.8 Å². The van der Waals surface area contributed by atoms with Gasteiger partial charge in [0, 0.05) is 5.69 Å². The van der Waals surface area contributed by atoms with Crippen molar-refractivity contribution in [2.24, 2.45) is 0 Å². The number of benzene rings is 2. The highest BCUT2D eigenvalue weighted by atomic mass is 32.1. The molecule has 126 valence electrons. The van der Waals surface area contributed by atoms with Gasteiger partial charge in [-0.25, -0.2) is 0 Å². The maximum atomic E-state index is 5.98. The van der Waals surface area contributed by atoms with E-state index in [2.05, 4.69) is 29.7 Å². The van der Waals surface area contributed by atoms with Crippen molar-refractivity contribution in [3.63, 3.8) is 0 Å². The first-order chi connectivity index (χ1) is 11.7. The largest absolute Gasteiger partial charge is 0.490 e. The van der Waals surface area contributed by atoms with Crippen LogP contribution >= 0.6 is 12.2 Å². The molecule has 2 aromatic rings. The highest BCUT2D eigenvalue weighted by Gasteiger charge is 2.16. The molecule has 0 bridgehead atoms. The molecule has 1 saturated carbocycles. The second-order valence-corrected chi connectivity index (χ2v) is 6.69. The molecular weight excluding hydrogens is 316 g/mol. The average Bonchev–Trinajstić information content (AvgIpc) is 3.10. The van der Waals surface area contributed by atoms with E-state index in [1.165, 1.54) is 31.2 Å². The summed E-state index contributed by atoms with van der Waals surface area (Å²) in [5.41, 5.74) is 2.17. The predicted molar refractivity (Wildman–Crippen MR) is 104 cm³/mol. The minimum absolute atomic E-state index is 0.163. The maximum Gasteiger partial charge on any atom is 0.171 e. The molecule has 0 saturated heterocycles. The minimum atomic E-state index is 0.163. The molecule has 1 aliphatic carbocycles. The third-order valence-electron chi connectivity index (χ3n) is 4.36. The van der Waals surface area contributed by atoms with Gasteiger partial charge in [-0.1, -0.05) is 30.3 Å². The molecule has 0 spiro atoms.